The number of nitro benzene ring substituents is 1. The van der Waals surface area contributed by atoms with Gasteiger partial charge in [0.25, 0.3) is 5.69 Å². The van der Waals surface area contributed by atoms with Crippen LogP contribution in [0.4, 0.5) is 5.69 Å². The van der Waals surface area contributed by atoms with E-state index in [1.807, 2.05) is 30.3 Å². The zero-order valence-electron chi connectivity index (χ0n) is 16.1. The van der Waals surface area contributed by atoms with Crippen molar-refractivity contribution in [1.82, 2.24) is 5.32 Å². The summed E-state index contributed by atoms with van der Waals surface area (Å²) in [6, 6.07) is 16.0. The Morgan fingerprint density at radius 2 is 1.86 bits per heavy atom. The molecule has 1 heterocycles. The van der Waals surface area contributed by atoms with Crippen molar-refractivity contribution < 1.29 is 19.2 Å². The largest absolute Gasteiger partial charge is 0.462 e. The summed E-state index contributed by atoms with van der Waals surface area (Å²) in [5, 5.41) is 14.1. The predicted molar refractivity (Wildman–Crippen MR) is 107 cm³/mol. The fourth-order valence-corrected chi connectivity index (χ4v) is 3.55. The minimum atomic E-state index is -0.716. The van der Waals surface area contributed by atoms with Crippen LogP contribution < -0.4 is 5.32 Å². The summed E-state index contributed by atoms with van der Waals surface area (Å²) in [6.45, 7) is 1.83. The predicted octanol–water partition coefficient (Wildman–Crippen LogP) is 3.65. The molecular formula is C22H22N2O5. The van der Waals surface area contributed by atoms with Crippen LogP contribution in [-0.2, 0) is 20.7 Å². The highest BCUT2D eigenvalue weighted by Gasteiger charge is 2.36. The van der Waals surface area contributed by atoms with Gasteiger partial charge >= 0.3 is 5.97 Å². The molecule has 29 heavy (non-hydrogen) atoms. The van der Waals surface area contributed by atoms with E-state index in [0.29, 0.717) is 17.7 Å². The van der Waals surface area contributed by atoms with Crippen molar-refractivity contribution >= 4 is 17.6 Å². The molecule has 1 atom stereocenters. The number of nitrogens with one attached hydrogen (secondary N) is 1. The van der Waals surface area contributed by atoms with Gasteiger partial charge in [-0.15, -0.1) is 0 Å². The third kappa shape index (κ3) is 4.87. The van der Waals surface area contributed by atoms with Gasteiger partial charge in [-0.3, -0.25) is 14.9 Å². The second-order valence-electron chi connectivity index (χ2n) is 6.88. The lowest BCUT2D eigenvalue weighted by Gasteiger charge is -2.26. The van der Waals surface area contributed by atoms with Crippen molar-refractivity contribution in [2.75, 3.05) is 6.61 Å². The maximum absolute atomic E-state index is 12.8. The summed E-state index contributed by atoms with van der Waals surface area (Å²) < 4.78 is 5.44. The lowest BCUT2D eigenvalue weighted by atomic mass is 9.83. The summed E-state index contributed by atoms with van der Waals surface area (Å²) >= 11 is 0. The number of nitro groups is 1. The van der Waals surface area contributed by atoms with Gasteiger partial charge in [0.2, 0.25) is 5.91 Å². The molecule has 1 aliphatic heterocycles. The second-order valence-corrected chi connectivity index (χ2v) is 6.88. The van der Waals surface area contributed by atoms with Gasteiger partial charge in [0.1, 0.15) is 0 Å². The highest BCUT2D eigenvalue weighted by Crippen LogP contribution is 2.37. The van der Waals surface area contributed by atoms with Crippen molar-refractivity contribution in [3.05, 3.63) is 87.1 Å². The summed E-state index contributed by atoms with van der Waals surface area (Å²) in [7, 11) is 0. The molecule has 3 rings (SSSR count). The van der Waals surface area contributed by atoms with E-state index in [4.69, 9.17) is 4.74 Å². The number of allylic oxidation sites excluding steroid dienone is 1. The van der Waals surface area contributed by atoms with Crippen LogP contribution in [0.25, 0.3) is 0 Å². The molecule has 0 radical (unpaired) electrons. The molecule has 2 aromatic rings. The van der Waals surface area contributed by atoms with Crippen molar-refractivity contribution in [2.45, 2.75) is 32.1 Å². The van der Waals surface area contributed by atoms with E-state index in [9.17, 15) is 19.7 Å². The van der Waals surface area contributed by atoms with Gasteiger partial charge in [0, 0.05) is 29.7 Å². The van der Waals surface area contributed by atoms with E-state index < -0.39 is 16.8 Å². The first-order chi connectivity index (χ1) is 14.0. The zero-order chi connectivity index (χ0) is 20.8. The number of aryl methyl sites for hydroxylation is 1. The number of amides is 1. The Bertz CT molecular complexity index is 953. The fourth-order valence-electron chi connectivity index (χ4n) is 3.55. The first-order valence-corrected chi connectivity index (χ1v) is 9.42. The quantitative estimate of drug-likeness (QED) is 0.334. The number of carbonyl (C=O) groups excluding carboxylic acids is 2. The molecule has 0 bridgehead atoms. The van der Waals surface area contributed by atoms with Crippen molar-refractivity contribution in [1.29, 1.82) is 0 Å². The number of benzene rings is 2. The van der Waals surface area contributed by atoms with Gasteiger partial charge in [-0.05, 0) is 25.3 Å². The van der Waals surface area contributed by atoms with Gasteiger partial charge in [-0.2, -0.15) is 0 Å². The second kappa shape index (κ2) is 9.14. The van der Waals surface area contributed by atoms with Crippen molar-refractivity contribution in [3.63, 3.8) is 0 Å². The van der Waals surface area contributed by atoms with E-state index in [2.05, 4.69) is 5.32 Å². The van der Waals surface area contributed by atoms with Gasteiger partial charge < -0.3 is 10.1 Å². The normalized spacial score (nSPS) is 16.3. The summed E-state index contributed by atoms with van der Waals surface area (Å²) in [6.07, 6.45) is 1.39. The molecule has 0 saturated heterocycles. The summed E-state index contributed by atoms with van der Waals surface area (Å²) in [5.41, 5.74) is 2.01. The smallest absolute Gasteiger partial charge is 0.336 e. The topological polar surface area (TPSA) is 98.5 Å². The van der Waals surface area contributed by atoms with Gasteiger partial charge in [-0.25, -0.2) is 4.79 Å². The molecule has 7 heteroatoms. The molecule has 1 amide bonds. The van der Waals surface area contributed by atoms with Crippen LogP contribution in [-0.4, -0.2) is 23.4 Å². The minimum Gasteiger partial charge on any atom is -0.462 e. The Labute approximate surface area is 168 Å². The molecule has 0 saturated carbocycles. The Morgan fingerprint density at radius 1 is 1.17 bits per heavy atom. The standard InChI is InChI=1S/C22H22N2O5/c1-15-21(22(26)29-13-7-10-16-8-3-2-4-9-16)18(14-20(25)23-15)17-11-5-6-12-19(17)24(27)28/h2-6,8-9,11-12,18H,7,10,13-14H2,1H3,(H,23,25). The SMILES string of the molecule is CC1=C(C(=O)OCCCc2ccccc2)C(c2ccccc2[N+](=O)[O-])CC(=O)N1. The Hall–Kier alpha value is -3.48. The van der Waals surface area contributed by atoms with E-state index in [1.165, 1.54) is 6.07 Å². The zero-order valence-corrected chi connectivity index (χ0v) is 16.1. The minimum absolute atomic E-state index is 0.0450. The maximum Gasteiger partial charge on any atom is 0.336 e. The van der Waals surface area contributed by atoms with Crippen LogP contribution in [0.1, 0.15) is 36.8 Å². The van der Waals surface area contributed by atoms with Crippen LogP contribution >= 0.6 is 0 Å². The lowest BCUT2D eigenvalue weighted by Crippen LogP contribution is -2.34. The first kappa shape index (κ1) is 20.3. The number of nitrogens with zero attached hydrogens (tertiary/aromatic N) is 1. The molecule has 2 aromatic carbocycles. The average Bonchev–Trinajstić information content (AvgIpc) is 2.71. The first-order valence-electron chi connectivity index (χ1n) is 9.42. The number of para-hydroxylation sites is 1. The molecule has 0 fully saturated rings. The van der Waals surface area contributed by atoms with Crippen LogP contribution in [0, 0.1) is 10.1 Å². The number of esters is 1. The van der Waals surface area contributed by atoms with E-state index >= 15 is 0 Å². The molecule has 1 N–H and O–H groups in total. The molecule has 0 spiro atoms. The molecule has 0 aromatic heterocycles. The van der Waals surface area contributed by atoms with E-state index in [0.717, 1.165) is 12.0 Å². The number of rotatable bonds is 7. The Balaban J connectivity index is 1.76. The monoisotopic (exact) mass is 394 g/mol. The van der Waals surface area contributed by atoms with Crippen molar-refractivity contribution in [2.24, 2.45) is 0 Å². The molecule has 1 aliphatic rings. The Kier molecular flexibility index (Phi) is 6.39. The third-order valence-corrected chi connectivity index (χ3v) is 4.88. The summed E-state index contributed by atoms with van der Waals surface area (Å²) in [4.78, 5) is 35.8. The van der Waals surface area contributed by atoms with Gasteiger partial charge in [0.05, 0.1) is 17.1 Å². The average molecular weight is 394 g/mol. The van der Waals surface area contributed by atoms with Crippen LogP contribution in [0.15, 0.2) is 65.9 Å². The highest BCUT2D eigenvalue weighted by atomic mass is 16.6. The lowest BCUT2D eigenvalue weighted by molar-refractivity contribution is -0.385. The molecular weight excluding hydrogens is 372 g/mol. The van der Waals surface area contributed by atoms with Crippen LogP contribution in [0.3, 0.4) is 0 Å². The number of ether oxygens (including phenoxy) is 1. The number of hydrogen-bond acceptors (Lipinski definition) is 5. The molecule has 1 unspecified atom stereocenters. The van der Waals surface area contributed by atoms with Crippen molar-refractivity contribution in [3.8, 4) is 0 Å². The molecule has 150 valence electrons. The Morgan fingerprint density at radius 3 is 2.59 bits per heavy atom. The highest BCUT2D eigenvalue weighted by molar-refractivity contribution is 5.96. The van der Waals surface area contributed by atoms with Gasteiger partial charge in [-0.1, -0.05) is 48.5 Å². The number of hydrogen-bond donors (Lipinski definition) is 1. The van der Waals surface area contributed by atoms with Gasteiger partial charge in [0.15, 0.2) is 0 Å². The maximum atomic E-state index is 12.8. The van der Waals surface area contributed by atoms with Crippen LogP contribution in [0.5, 0.6) is 0 Å². The molecule has 7 nitrogen and oxygen atoms in total. The third-order valence-electron chi connectivity index (χ3n) is 4.88. The molecule has 0 aliphatic carbocycles. The summed E-state index contributed by atoms with van der Waals surface area (Å²) in [5.74, 6) is -1.56. The van der Waals surface area contributed by atoms with Crippen LogP contribution in [0.2, 0.25) is 0 Å². The fraction of sp³-hybridized carbons (Fsp3) is 0.273. The van der Waals surface area contributed by atoms with E-state index in [-0.39, 0.29) is 30.2 Å². The van der Waals surface area contributed by atoms with E-state index in [1.54, 1.807) is 25.1 Å². The number of carbonyl (C=O) groups is 2.